The smallest absolute Gasteiger partial charge is 0.269 e. The van der Waals surface area contributed by atoms with Gasteiger partial charge in [0.25, 0.3) is 5.69 Å². The number of carbonyl (C=O) groups is 1. The molecule has 0 aliphatic heterocycles. The summed E-state index contributed by atoms with van der Waals surface area (Å²) in [5.74, 6) is -0.417. The fourth-order valence-electron chi connectivity index (χ4n) is 1.53. The minimum atomic E-state index is -1.54. The maximum absolute atomic E-state index is 12.1. The van der Waals surface area contributed by atoms with Crippen LogP contribution >= 0.6 is 43.2 Å². The highest BCUT2D eigenvalue weighted by Crippen LogP contribution is 2.32. The molecule has 0 aliphatic rings. The number of Topliss-reactive ketones (excluding diaryl/α,β-unsaturated/α-hetero) is 1. The van der Waals surface area contributed by atoms with E-state index in [0.717, 1.165) is 3.79 Å². The number of nitrogens with zero attached hydrogens (tertiary/aromatic N) is 1. The van der Waals surface area contributed by atoms with Crippen molar-refractivity contribution in [2.75, 3.05) is 5.75 Å². The van der Waals surface area contributed by atoms with Gasteiger partial charge in [0.15, 0.2) is 5.78 Å². The number of non-ortho nitro benzene ring substituents is 1. The van der Waals surface area contributed by atoms with Gasteiger partial charge < -0.3 is 0 Å². The van der Waals surface area contributed by atoms with Gasteiger partial charge in [0.1, 0.15) is 0 Å². The van der Waals surface area contributed by atoms with Crippen LogP contribution in [0.4, 0.5) is 5.69 Å². The predicted octanol–water partition coefficient (Wildman–Crippen LogP) is 4.17. The molecule has 1 heterocycles. The summed E-state index contributed by atoms with van der Waals surface area (Å²) in [6.45, 7) is 0. The van der Waals surface area contributed by atoms with E-state index in [1.165, 1.54) is 35.6 Å². The number of nitro groups is 1. The number of benzene rings is 1. The summed E-state index contributed by atoms with van der Waals surface area (Å²) in [4.78, 5) is 22.5. The van der Waals surface area contributed by atoms with Crippen molar-refractivity contribution in [3.8, 4) is 0 Å². The SMILES string of the molecule is O=C(CS(=O)c1ccc([N+](=O)[O-])cc1)c1cc(Br)sc1Br. The molecule has 0 fully saturated rings. The fraction of sp³-hybridized carbons (Fsp3) is 0.0833. The first-order valence-electron chi connectivity index (χ1n) is 5.49. The Balaban J connectivity index is 2.12. The number of hydrogen-bond acceptors (Lipinski definition) is 5. The van der Waals surface area contributed by atoms with E-state index in [4.69, 9.17) is 0 Å². The third-order valence-electron chi connectivity index (χ3n) is 2.53. The van der Waals surface area contributed by atoms with Gasteiger partial charge in [-0.05, 0) is 50.1 Å². The Morgan fingerprint density at radius 3 is 2.38 bits per heavy atom. The summed E-state index contributed by atoms with van der Waals surface area (Å²) < 4.78 is 13.6. The highest BCUT2D eigenvalue weighted by atomic mass is 79.9. The summed E-state index contributed by atoms with van der Waals surface area (Å²) >= 11 is 7.93. The average Bonchev–Trinajstić information content (AvgIpc) is 2.77. The molecule has 0 saturated carbocycles. The second-order valence-electron chi connectivity index (χ2n) is 3.90. The van der Waals surface area contributed by atoms with E-state index in [0.29, 0.717) is 14.2 Å². The van der Waals surface area contributed by atoms with Crippen molar-refractivity contribution in [1.29, 1.82) is 0 Å². The lowest BCUT2D eigenvalue weighted by Crippen LogP contribution is -2.10. The molecule has 2 rings (SSSR count). The zero-order valence-electron chi connectivity index (χ0n) is 10.2. The molecule has 1 unspecified atom stereocenters. The third kappa shape index (κ3) is 4.06. The molecule has 1 aromatic carbocycles. The van der Waals surface area contributed by atoms with Crippen LogP contribution in [0.3, 0.4) is 0 Å². The molecule has 0 saturated heterocycles. The number of carbonyl (C=O) groups excluding carboxylic acids is 1. The van der Waals surface area contributed by atoms with Crippen LogP contribution < -0.4 is 0 Å². The van der Waals surface area contributed by atoms with E-state index in [2.05, 4.69) is 31.9 Å². The Morgan fingerprint density at radius 1 is 1.29 bits per heavy atom. The van der Waals surface area contributed by atoms with Crippen molar-refractivity contribution in [3.63, 3.8) is 0 Å². The lowest BCUT2D eigenvalue weighted by atomic mass is 10.2. The summed E-state index contributed by atoms with van der Waals surface area (Å²) in [7, 11) is -1.54. The lowest BCUT2D eigenvalue weighted by Gasteiger charge is -2.01. The van der Waals surface area contributed by atoms with Gasteiger partial charge in [0.05, 0.1) is 29.0 Å². The highest BCUT2D eigenvalue weighted by molar-refractivity contribution is 9.12. The van der Waals surface area contributed by atoms with Crippen LogP contribution in [0, 0.1) is 10.1 Å². The van der Waals surface area contributed by atoms with Crippen LogP contribution in [0.15, 0.2) is 42.8 Å². The van der Waals surface area contributed by atoms with Crippen LogP contribution in [-0.4, -0.2) is 20.7 Å². The molecular formula is C12H7Br2NO4S2. The van der Waals surface area contributed by atoms with Crippen molar-refractivity contribution in [2.45, 2.75) is 4.90 Å². The van der Waals surface area contributed by atoms with Crippen LogP contribution in [0.5, 0.6) is 0 Å². The zero-order valence-corrected chi connectivity index (χ0v) is 15.1. The first kappa shape index (κ1) is 16.5. The van der Waals surface area contributed by atoms with E-state index < -0.39 is 15.7 Å². The van der Waals surface area contributed by atoms with Crippen molar-refractivity contribution in [1.82, 2.24) is 0 Å². The largest absolute Gasteiger partial charge is 0.293 e. The number of thiophene rings is 1. The van der Waals surface area contributed by atoms with Gasteiger partial charge in [-0.25, -0.2) is 0 Å². The number of ketones is 1. The van der Waals surface area contributed by atoms with Gasteiger partial charge >= 0.3 is 0 Å². The molecule has 1 atom stereocenters. The Bertz CT molecular complexity index is 727. The summed E-state index contributed by atoms with van der Waals surface area (Å²) in [5.41, 5.74) is 0.397. The molecule has 0 amide bonds. The van der Waals surface area contributed by atoms with E-state index >= 15 is 0 Å². The van der Waals surface area contributed by atoms with Crippen LogP contribution in [0.1, 0.15) is 10.4 Å². The van der Waals surface area contributed by atoms with Gasteiger partial charge in [-0.1, -0.05) is 0 Å². The van der Waals surface area contributed by atoms with Crippen LogP contribution in [0.2, 0.25) is 0 Å². The Labute approximate surface area is 143 Å². The van der Waals surface area contributed by atoms with Gasteiger partial charge in [-0.3, -0.25) is 19.1 Å². The molecular weight excluding hydrogens is 446 g/mol. The predicted molar refractivity (Wildman–Crippen MR) is 88.4 cm³/mol. The Hall–Kier alpha value is -0.900. The third-order valence-corrected chi connectivity index (χ3v) is 6.19. The second-order valence-corrected chi connectivity index (χ2v) is 9.10. The molecule has 9 heteroatoms. The van der Waals surface area contributed by atoms with Crippen molar-refractivity contribution in [2.24, 2.45) is 0 Å². The van der Waals surface area contributed by atoms with Gasteiger partial charge in [0.2, 0.25) is 0 Å². The maximum Gasteiger partial charge on any atom is 0.269 e. The summed E-state index contributed by atoms with van der Waals surface area (Å²) in [6.07, 6.45) is 0. The van der Waals surface area contributed by atoms with E-state index in [-0.39, 0.29) is 17.2 Å². The molecule has 0 bridgehead atoms. The molecule has 0 N–H and O–H groups in total. The first-order valence-corrected chi connectivity index (χ1v) is 9.21. The molecule has 2 aromatic rings. The maximum atomic E-state index is 12.1. The Morgan fingerprint density at radius 2 is 1.90 bits per heavy atom. The van der Waals surface area contributed by atoms with Crippen LogP contribution in [-0.2, 0) is 10.8 Å². The average molecular weight is 453 g/mol. The second kappa shape index (κ2) is 6.91. The minimum Gasteiger partial charge on any atom is -0.293 e. The number of hydrogen-bond donors (Lipinski definition) is 0. The van der Waals surface area contributed by atoms with Gasteiger partial charge in [-0.15, -0.1) is 11.3 Å². The van der Waals surface area contributed by atoms with E-state index in [9.17, 15) is 19.1 Å². The highest BCUT2D eigenvalue weighted by Gasteiger charge is 2.18. The monoisotopic (exact) mass is 451 g/mol. The standard InChI is InChI=1S/C12H7Br2NO4S2/c13-11-5-9(12(14)20-11)10(16)6-21(19)8-3-1-7(2-4-8)15(17)18/h1-5H,6H2. The molecule has 1 aromatic heterocycles. The van der Waals surface area contributed by atoms with E-state index in [1.54, 1.807) is 6.07 Å². The first-order chi connectivity index (χ1) is 9.88. The van der Waals surface area contributed by atoms with Crippen molar-refractivity contribution >= 4 is 65.5 Å². The fourth-order valence-corrected chi connectivity index (χ4v) is 5.39. The molecule has 5 nitrogen and oxygen atoms in total. The number of nitro benzene ring substituents is 1. The lowest BCUT2D eigenvalue weighted by molar-refractivity contribution is -0.384. The van der Waals surface area contributed by atoms with Crippen molar-refractivity contribution in [3.05, 3.63) is 53.6 Å². The van der Waals surface area contributed by atoms with Crippen LogP contribution in [0.25, 0.3) is 0 Å². The number of halogens is 2. The summed E-state index contributed by atoms with van der Waals surface area (Å²) in [5, 5.41) is 10.6. The van der Waals surface area contributed by atoms with Gasteiger partial charge in [0, 0.05) is 22.6 Å². The van der Waals surface area contributed by atoms with E-state index in [1.807, 2.05) is 0 Å². The quantitative estimate of drug-likeness (QED) is 0.387. The molecule has 0 radical (unpaired) electrons. The topological polar surface area (TPSA) is 77.3 Å². The minimum absolute atomic E-state index is 0.0772. The summed E-state index contributed by atoms with van der Waals surface area (Å²) in [6, 6.07) is 7.02. The van der Waals surface area contributed by atoms with Crippen molar-refractivity contribution < 1.29 is 13.9 Å². The Kier molecular flexibility index (Phi) is 5.42. The normalized spacial score (nSPS) is 12.1. The molecule has 110 valence electrons. The molecule has 0 aliphatic carbocycles. The molecule has 0 spiro atoms. The number of rotatable bonds is 5. The molecule has 21 heavy (non-hydrogen) atoms. The van der Waals surface area contributed by atoms with Gasteiger partial charge in [-0.2, -0.15) is 0 Å². The zero-order chi connectivity index (χ0) is 15.6.